The molecule has 0 saturated carbocycles. The van der Waals surface area contributed by atoms with E-state index < -0.39 is 21.6 Å². The lowest BCUT2D eigenvalue weighted by Crippen LogP contribution is -2.37. The number of hydrogen-bond donors (Lipinski definition) is 1. The number of amides is 1. The number of para-hydroxylation sites is 1. The number of nitrogens with zero attached hydrogens (tertiary/aromatic N) is 3. The number of halogens is 1. The van der Waals surface area contributed by atoms with Gasteiger partial charge in [-0.1, -0.05) is 30.0 Å². The van der Waals surface area contributed by atoms with Crippen LogP contribution in [-0.2, 0) is 14.6 Å². The summed E-state index contributed by atoms with van der Waals surface area (Å²) in [6, 6.07) is 16.0. The Morgan fingerprint density at radius 1 is 1.19 bits per heavy atom. The van der Waals surface area contributed by atoms with Gasteiger partial charge < -0.3 is 10.2 Å². The summed E-state index contributed by atoms with van der Waals surface area (Å²) in [5, 5.41) is 12.3. The zero-order valence-electron chi connectivity index (χ0n) is 16.1. The van der Waals surface area contributed by atoms with Crippen LogP contribution in [0.15, 0.2) is 71.4 Å². The van der Waals surface area contributed by atoms with E-state index in [1.807, 2.05) is 41.3 Å². The normalized spacial score (nSPS) is 23.4. The number of fused-ring (bicyclic) bond motifs is 1. The second-order valence-corrected chi connectivity index (χ2v) is 10.4. The largest absolute Gasteiger partial charge is 0.321 e. The van der Waals surface area contributed by atoms with Crippen molar-refractivity contribution in [3.05, 3.63) is 72.2 Å². The molecule has 2 aliphatic heterocycles. The molecule has 0 spiro atoms. The lowest BCUT2D eigenvalue weighted by Gasteiger charge is -2.24. The Kier molecular flexibility index (Phi) is 5.80. The van der Waals surface area contributed by atoms with Crippen molar-refractivity contribution in [3.63, 3.8) is 0 Å². The predicted octanol–water partition coefficient (Wildman–Crippen LogP) is 2.95. The van der Waals surface area contributed by atoms with Crippen molar-refractivity contribution in [2.75, 3.05) is 21.7 Å². The molecule has 0 aliphatic carbocycles. The average molecular weight is 457 g/mol. The summed E-state index contributed by atoms with van der Waals surface area (Å²) in [6.07, 6.45) is 1.17. The van der Waals surface area contributed by atoms with Crippen LogP contribution in [0.5, 0.6) is 0 Å². The van der Waals surface area contributed by atoms with E-state index in [9.17, 15) is 22.9 Å². The number of amidine groups is 1. The molecule has 2 aromatic rings. The number of benzene rings is 2. The van der Waals surface area contributed by atoms with E-state index in [0.717, 1.165) is 5.69 Å². The minimum atomic E-state index is -3.13. The number of carbonyl (C=O) groups is 1. The number of rotatable bonds is 4. The molecule has 1 N–H and O–H groups in total. The van der Waals surface area contributed by atoms with Crippen molar-refractivity contribution in [3.8, 4) is 6.07 Å². The summed E-state index contributed by atoms with van der Waals surface area (Å²) >= 11 is 1.33. The molecule has 7 nitrogen and oxygen atoms in total. The first kappa shape index (κ1) is 21.1. The number of sulfone groups is 1. The van der Waals surface area contributed by atoms with Gasteiger partial charge in [-0.25, -0.2) is 17.8 Å². The number of anilines is 2. The van der Waals surface area contributed by atoms with Gasteiger partial charge in [-0.15, -0.1) is 0 Å². The first-order valence-corrected chi connectivity index (χ1v) is 12.0. The molecule has 2 aliphatic rings. The van der Waals surface area contributed by atoms with Crippen molar-refractivity contribution in [2.45, 2.75) is 11.3 Å². The molecular formula is C21H17FN4O3S2. The molecule has 10 heteroatoms. The first-order valence-electron chi connectivity index (χ1n) is 9.32. The second kappa shape index (κ2) is 8.53. The Hall–Kier alpha value is -3.16. The van der Waals surface area contributed by atoms with Gasteiger partial charge in [-0.05, 0) is 36.4 Å². The Balaban J connectivity index is 1.61. The molecule has 2 heterocycles. The predicted molar refractivity (Wildman–Crippen MR) is 119 cm³/mol. The summed E-state index contributed by atoms with van der Waals surface area (Å²) in [7, 11) is -3.13. The zero-order valence-corrected chi connectivity index (χ0v) is 17.7. The van der Waals surface area contributed by atoms with Crippen LogP contribution in [0.25, 0.3) is 0 Å². The van der Waals surface area contributed by atoms with Gasteiger partial charge in [0.15, 0.2) is 15.0 Å². The lowest BCUT2D eigenvalue weighted by molar-refractivity contribution is -0.112. The highest BCUT2D eigenvalue weighted by Gasteiger charge is 2.49. The molecule has 2 atom stereocenters. The van der Waals surface area contributed by atoms with Gasteiger partial charge in [0.1, 0.15) is 17.5 Å². The van der Waals surface area contributed by atoms with Crippen molar-refractivity contribution in [1.29, 1.82) is 5.26 Å². The van der Waals surface area contributed by atoms with Crippen LogP contribution >= 0.6 is 11.8 Å². The lowest BCUT2D eigenvalue weighted by atomic mass is 10.2. The Labute approximate surface area is 183 Å². The van der Waals surface area contributed by atoms with Gasteiger partial charge in [-0.2, -0.15) is 5.26 Å². The Morgan fingerprint density at radius 3 is 2.58 bits per heavy atom. The zero-order chi connectivity index (χ0) is 22.0. The van der Waals surface area contributed by atoms with Crippen LogP contribution in [0, 0.1) is 17.1 Å². The van der Waals surface area contributed by atoms with E-state index in [4.69, 9.17) is 0 Å². The SMILES string of the molecule is N#C/C(=C\N=C1S[C@@H]2CS(=O)(=O)C[C@@H]2N1c1ccccc1)C(=O)Nc1ccc(F)cc1. The van der Waals surface area contributed by atoms with E-state index in [-0.39, 0.29) is 28.4 Å². The van der Waals surface area contributed by atoms with Gasteiger partial charge in [0.25, 0.3) is 5.91 Å². The molecule has 1 amide bonds. The highest BCUT2D eigenvalue weighted by atomic mass is 32.2. The summed E-state index contributed by atoms with van der Waals surface area (Å²) in [6.45, 7) is 0. The maximum Gasteiger partial charge on any atom is 0.267 e. The quantitative estimate of drug-likeness (QED) is 0.561. The fourth-order valence-corrected chi connectivity index (χ4v) is 7.35. The highest BCUT2D eigenvalue weighted by Crippen LogP contribution is 2.40. The third kappa shape index (κ3) is 4.62. The Bertz CT molecular complexity index is 1210. The van der Waals surface area contributed by atoms with E-state index in [0.29, 0.717) is 10.9 Å². The van der Waals surface area contributed by atoms with Gasteiger partial charge >= 0.3 is 0 Å². The van der Waals surface area contributed by atoms with Gasteiger partial charge in [0, 0.05) is 16.6 Å². The van der Waals surface area contributed by atoms with E-state index in [2.05, 4.69) is 10.3 Å². The van der Waals surface area contributed by atoms with Crippen LogP contribution in [0.2, 0.25) is 0 Å². The topological polar surface area (TPSA) is 103 Å². The van der Waals surface area contributed by atoms with E-state index in [1.54, 1.807) is 0 Å². The van der Waals surface area contributed by atoms with Gasteiger partial charge in [-0.3, -0.25) is 4.79 Å². The molecule has 158 valence electrons. The molecular weight excluding hydrogens is 439 g/mol. The molecule has 4 rings (SSSR count). The molecule has 0 bridgehead atoms. The van der Waals surface area contributed by atoms with Crippen LogP contribution in [0.3, 0.4) is 0 Å². The fourth-order valence-electron chi connectivity index (χ4n) is 3.46. The smallest absolute Gasteiger partial charge is 0.267 e. The van der Waals surface area contributed by atoms with Crippen LogP contribution in [0.4, 0.5) is 15.8 Å². The minimum Gasteiger partial charge on any atom is -0.321 e. The molecule has 0 radical (unpaired) electrons. The van der Waals surface area contributed by atoms with E-state index in [1.165, 1.54) is 42.2 Å². The second-order valence-electron chi connectivity index (χ2n) is 7.03. The van der Waals surface area contributed by atoms with Crippen molar-refractivity contribution in [2.24, 2.45) is 4.99 Å². The number of nitrogens with one attached hydrogen (secondary N) is 1. The number of hydrogen-bond acceptors (Lipinski definition) is 6. The highest BCUT2D eigenvalue weighted by molar-refractivity contribution is 8.16. The maximum absolute atomic E-state index is 13.0. The maximum atomic E-state index is 13.0. The van der Waals surface area contributed by atoms with Crippen LogP contribution in [0.1, 0.15) is 0 Å². The Morgan fingerprint density at radius 2 is 1.90 bits per heavy atom. The van der Waals surface area contributed by atoms with Crippen molar-refractivity contribution in [1.82, 2.24) is 0 Å². The third-order valence-corrected chi connectivity index (χ3v) is 8.10. The van der Waals surface area contributed by atoms with Gasteiger partial charge in [0.2, 0.25) is 0 Å². The van der Waals surface area contributed by atoms with Gasteiger partial charge in [0.05, 0.1) is 23.7 Å². The summed E-state index contributed by atoms with van der Waals surface area (Å²) in [4.78, 5) is 18.6. The summed E-state index contributed by atoms with van der Waals surface area (Å²) in [5.74, 6) is -1.02. The average Bonchev–Trinajstić information content (AvgIpc) is 3.21. The number of thioether (sulfide) groups is 1. The summed E-state index contributed by atoms with van der Waals surface area (Å²) in [5.41, 5.74) is 0.914. The molecule has 31 heavy (non-hydrogen) atoms. The number of carbonyl (C=O) groups excluding carboxylic acids is 1. The van der Waals surface area contributed by atoms with Crippen LogP contribution < -0.4 is 10.2 Å². The number of nitriles is 1. The third-order valence-electron chi connectivity index (χ3n) is 4.87. The van der Waals surface area contributed by atoms with E-state index >= 15 is 0 Å². The number of aliphatic imine (C=N–C) groups is 1. The standard InChI is InChI=1S/C21H17FN4O3S2/c22-15-6-8-16(9-7-15)25-20(27)14(10-23)11-24-21-26(17-4-2-1-3-5-17)18-12-31(28,29)13-19(18)30-21/h1-9,11,18-19H,12-13H2,(H,25,27)/b14-11+,24-21?/t18-,19+/m0/s1. The molecule has 0 unspecified atom stereocenters. The minimum absolute atomic E-state index is 0.0262. The molecule has 2 saturated heterocycles. The molecule has 2 aromatic carbocycles. The van der Waals surface area contributed by atoms with Crippen molar-refractivity contribution < 1.29 is 17.6 Å². The fraction of sp³-hybridized carbons (Fsp3) is 0.190. The van der Waals surface area contributed by atoms with Crippen molar-refractivity contribution >= 4 is 44.0 Å². The van der Waals surface area contributed by atoms with Crippen LogP contribution in [-0.4, -0.2) is 42.3 Å². The summed E-state index contributed by atoms with van der Waals surface area (Å²) < 4.78 is 37.3. The monoisotopic (exact) mass is 456 g/mol. The molecule has 0 aromatic heterocycles. The first-order chi connectivity index (χ1) is 14.9. The molecule has 2 fully saturated rings.